The van der Waals surface area contributed by atoms with E-state index in [1.807, 2.05) is 17.0 Å². The highest BCUT2D eigenvalue weighted by molar-refractivity contribution is 7.20. The number of alkyl halides is 1. The first kappa shape index (κ1) is 24.1. The van der Waals surface area contributed by atoms with E-state index in [9.17, 15) is 14.0 Å². The van der Waals surface area contributed by atoms with E-state index in [2.05, 4.69) is 10.3 Å². The Kier molecular flexibility index (Phi) is 8.30. The van der Waals surface area contributed by atoms with Crippen molar-refractivity contribution in [2.75, 3.05) is 26.7 Å². The molecule has 3 unspecified atom stereocenters. The van der Waals surface area contributed by atoms with Crippen LogP contribution in [0.3, 0.4) is 0 Å². The quantitative estimate of drug-likeness (QED) is 0.567. The lowest BCUT2D eigenvalue weighted by Crippen LogP contribution is -2.45. The lowest BCUT2D eigenvalue weighted by atomic mass is 9.84. The van der Waals surface area contributed by atoms with Gasteiger partial charge in [-0.3, -0.25) is 14.6 Å². The molecule has 2 aromatic heterocycles. The molecule has 1 N–H and O–H groups in total. The number of thiophene rings is 1. The number of amides is 2. The van der Waals surface area contributed by atoms with Gasteiger partial charge in [-0.2, -0.15) is 0 Å². The van der Waals surface area contributed by atoms with Gasteiger partial charge in [-0.25, -0.2) is 4.39 Å². The fourth-order valence-electron chi connectivity index (χ4n) is 5.12. The number of methoxy groups -OCH3 is 1. The van der Waals surface area contributed by atoms with Gasteiger partial charge in [0, 0.05) is 45.1 Å². The van der Waals surface area contributed by atoms with Gasteiger partial charge in [0.25, 0.3) is 5.91 Å². The summed E-state index contributed by atoms with van der Waals surface area (Å²) in [7, 11) is 1.54. The highest BCUT2D eigenvalue weighted by atomic mass is 32.1. The summed E-state index contributed by atoms with van der Waals surface area (Å²) < 4.78 is 20.4. The molecule has 1 aliphatic carbocycles. The second-order valence-corrected chi connectivity index (χ2v) is 10.4. The number of nitrogens with one attached hydrogen (secondary N) is 1. The predicted octanol–water partition coefficient (Wildman–Crippen LogP) is 4.59. The average Bonchev–Trinajstić information content (AvgIpc) is 3.28. The van der Waals surface area contributed by atoms with Crippen molar-refractivity contribution in [2.45, 2.75) is 63.6 Å². The molecule has 3 heterocycles. The Morgan fingerprint density at radius 1 is 1.24 bits per heavy atom. The number of unbranched alkanes of at least 4 members (excludes halogenated alkanes) is 1. The van der Waals surface area contributed by atoms with E-state index in [4.69, 9.17) is 4.74 Å². The van der Waals surface area contributed by atoms with Gasteiger partial charge < -0.3 is 15.0 Å². The number of likely N-dealkylation sites (tertiary alicyclic amines) is 1. The van der Waals surface area contributed by atoms with Crippen LogP contribution in [0, 0.1) is 11.8 Å². The van der Waals surface area contributed by atoms with E-state index in [-0.39, 0.29) is 23.8 Å². The maximum absolute atomic E-state index is 14.2. The van der Waals surface area contributed by atoms with Crippen LogP contribution in [-0.4, -0.2) is 60.7 Å². The van der Waals surface area contributed by atoms with Crippen molar-refractivity contribution in [1.82, 2.24) is 15.2 Å². The Morgan fingerprint density at radius 3 is 2.79 bits per heavy atom. The second kappa shape index (κ2) is 11.4. The number of pyridine rings is 1. The third kappa shape index (κ3) is 6.09. The number of ether oxygens (including phenoxy) is 1. The van der Waals surface area contributed by atoms with Crippen molar-refractivity contribution < 1.29 is 18.7 Å². The predicted molar refractivity (Wildman–Crippen MR) is 128 cm³/mol. The monoisotopic (exact) mass is 475 g/mol. The van der Waals surface area contributed by atoms with Gasteiger partial charge in [0.1, 0.15) is 6.17 Å². The first-order valence-electron chi connectivity index (χ1n) is 12.1. The Labute approximate surface area is 198 Å². The molecule has 33 heavy (non-hydrogen) atoms. The molecule has 2 amide bonds. The summed E-state index contributed by atoms with van der Waals surface area (Å²) in [6, 6.07) is 3.84. The van der Waals surface area contributed by atoms with Crippen LogP contribution in [0.2, 0.25) is 0 Å². The van der Waals surface area contributed by atoms with Crippen LogP contribution in [0.1, 0.15) is 61.0 Å². The first-order valence-corrected chi connectivity index (χ1v) is 12.9. The zero-order valence-electron chi connectivity index (χ0n) is 19.3. The van der Waals surface area contributed by atoms with Crippen molar-refractivity contribution in [1.29, 1.82) is 0 Å². The molecule has 0 aromatic carbocycles. The maximum atomic E-state index is 14.2. The lowest BCUT2D eigenvalue weighted by Gasteiger charge is -2.37. The molecule has 0 spiro atoms. The third-order valence-corrected chi connectivity index (χ3v) is 8.25. The van der Waals surface area contributed by atoms with Crippen LogP contribution in [0.15, 0.2) is 24.5 Å². The molecule has 3 atom stereocenters. The number of carbonyl (C=O) groups excluding carboxylic acids is 2. The van der Waals surface area contributed by atoms with E-state index < -0.39 is 6.17 Å². The molecule has 8 heteroatoms. The maximum Gasteiger partial charge on any atom is 0.261 e. The highest BCUT2D eigenvalue weighted by Crippen LogP contribution is 2.31. The van der Waals surface area contributed by atoms with E-state index >= 15 is 0 Å². The molecule has 2 fully saturated rings. The first-order chi connectivity index (χ1) is 16.0. The highest BCUT2D eigenvalue weighted by Gasteiger charge is 2.36. The smallest absolute Gasteiger partial charge is 0.261 e. The van der Waals surface area contributed by atoms with Crippen LogP contribution < -0.4 is 5.32 Å². The summed E-state index contributed by atoms with van der Waals surface area (Å²) in [5, 5.41) is 4.08. The number of aromatic nitrogens is 1. The zero-order valence-corrected chi connectivity index (χ0v) is 20.1. The number of piperidine rings is 1. The summed E-state index contributed by atoms with van der Waals surface area (Å²) in [6.07, 6.45) is 8.96. The molecular formula is C25H34FN3O3S. The average molecular weight is 476 g/mol. The van der Waals surface area contributed by atoms with Crippen LogP contribution in [0.4, 0.5) is 4.39 Å². The number of hydrogen-bond acceptors (Lipinski definition) is 5. The fraction of sp³-hybridized carbons (Fsp3) is 0.640. The summed E-state index contributed by atoms with van der Waals surface area (Å²) in [5.74, 6) is 0.546. The molecule has 0 bridgehead atoms. The van der Waals surface area contributed by atoms with Gasteiger partial charge in [-0.1, -0.05) is 12.8 Å². The molecule has 1 aliphatic heterocycles. The SMILES string of the molecule is COC1CCC(C(=O)N2CCC(CCCCNC(=O)c3cc4ccncc4s3)CC2)CC1F. The normalized spacial score (nSPS) is 24.2. The van der Waals surface area contributed by atoms with Crippen molar-refractivity contribution in [3.63, 3.8) is 0 Å². The summed E-state index contributed by atoms with van der Waals surface area (Å²) in [5.41, 5.74) is 0. The van der Waals surface area contributed by atoms with E-state index in [1.54, 1.807) is 19.5 Å². The number of fused-ring (bicyclic) bond motifs is 1. The molecule has 1 saturated carbocycles. The molecule has 4 rings (SSSR count). The minimum atomic E-state index is -1.04. The van der Waals surface area contributed by atoms with Crippen molar-refractivity contribution in [2.24, 2.45) is 11.8 Å². The van der Waals surface area contributed by atoms with Crippen LogP contribution in [-0.2, 0) is 9.53 Å². The second-order valence-electron chi connectivity index (χ2n) is 9.34. The van der Waals surface area contributed by atoms with Gasteiger partial charge in [0.2, 0.25) is 5.91 Å². The van der Waals surface area contributed by atoms with Crippen molar-refractivity contribution >= 4 is 33.2 Å². The van der Waals surface area contributed by atoms with Gasteiger partial charge in [0.15, 0.2) is 0 Å². The van der Waals surface area contributed by atoms with E-state index in [0.29, 0.717) is 25.3 Å². The molecule has 1 saturated heterocycles. The van der Waals surface area contributed by atoms with E-state index in [1.165, 1.54) is 11.3 Å². The topological polar surface area (TPSA) is 71.5 Å². The van der Waals surface area contributed by atoms with Crippen LogP contribution in [0.25, 0.3) is 10.1 Å². The minimum absolute atomic E-state index is 0.0157. The number of carbonyl (C=O) groups is 2. The molecule has 2 aliphatic rings. The molecule has 0 radical (unpaired) electrons. The summed E-state index contributed by atoms with van der Waals surface area (Å²) in [6.45, 7) is 2.24. The number of halogens is 1. The lowest BCUT2D eigenvalue weighted by molar-refractivity contribution is -0.140. The Morgan fingerprint density at radius 2 is 2.06 bits per heavy atom. The van der Waals surface area contributed by atoms with Crippen molar-refractivity contribution in [3.8, 4) is 0 Å². The van der Waals surface area contributed by atoms with Gasteiger partial charge in [-0.15, -0.1) is 11.3 Å². The Bertz CT molecular complexity index is 911. The standard InChI is InChI=1S/C25H34FN3O3S/c1-32-21-6-5-19(14-20(21)26)25(31)29-12-8-17(9-13-29)4-2-3-10-28-24(30)22-15-18-7-11-27-16-23(18)33-22/h7,11,15-17,19-21H,2-6,8-10,12-14H2,1H3,(H,28,30). The molecule has 180 valence electrons. The van der Waals surface area contributed by atoms with Crippen molar-refractivity contribution in [3.05, 3.63) is 29.4 Å². The number of hydrogen-bond donors (Lipinski definition) is 1. The third-order valence-electron chi connectivity index (χ3n) is 7.16. The number of nitrogens with zero attached hydrogens (tertiary/aromatic N) is 2. The van der Waals surface area contributed by atoms with Gasteiger partial charge >= 0.3 is 0 Å². The Hall–Kier alpha value is -2.06. The van der Waals surface area contributed by atoms with Crippen LogP contribution >= 0.6 is 11.3 Å². The zero-order chi connectivity index (χ0) is 23.2. The summed E-state index contributed by atoms with van der Waals surface area (Å²) in [4.78, 5) is 32.0. The fourth-order valence-corrected chi connectivity index (χ4v) is 6.07. The summed E-state index contributed by atoms with van der Waals surface area (Å²) >= 11 is 1.47. The number of rotatable bonds is 8. The minimum Gasteiger partial charge on any atom is -0.378 e. The molecular weight excluding hydrogens is 441 g/mol. The molecule has 2 aromatic rings. The molecule has 6 nitrogen and oxygen atoms in total. The van der Waals surface area contributed by atoms with Gasteiger partial charge in [0.05, 0.1) is 15.7 Å². The Balaban J connectivity index is 1.10. The van der Waals surface area contributed by atoms with Gasteiger partial charge in [-0.05, 0) is 62.0 Å². The van der Waals surface area contributed by atoms with Crippen LogP contribution in [0.5, 0.6) is 0 Å². The van der Waals surface area contributed by atoms with E-state index in [0.717, 1.165) is 66.6 Å². The largest absolute Gasteiger partial charge is 0.378 e.